The number of para-hydroxylation sites is 4. The molecule has 0 aliphatic carbocycles. The molecule has 2 rings (SSSR count). The van der Waals surface area contributed by atoms with Gasteiger partial charge in [0.25, 0.3) is 0 Å². The second kappa shape index (κ2) is 6.67. The van der Waals surface area contributed by atoms with Crippen molar-refractivity contribution in [1.82, 2.24) is 0 Å². The topological polar surface area (TPSA) is 58.9 Å². The average molecular weight is 287 g/mol. The maximum Gasteiger partial charge on any atom is 0.184 e. The molecule has 0 aliphatic rings. The first-order valence-corrected chi connectivity index (χ1v) is 7.61. The first-order valence-electron chi connectivity index (χ1n) is 6.09. The first kappa shape index (κ1) is 14.0. The number of phenols is 2. The van der Waals surface area contributed by atoms with E-state index in [4.69, 9.17) is 8.85 Å². The summed E-state index contributed by atoms with van der Waals surface area (Å²) in [6.07, 6.45) is 1.69. The van der Waals surface area contributed by atoms with Crippen LogP contribution in [0.4, 0.5) is 0 Å². The summed E-state index contributed by atoms with van der Waals surface area (Å²) in [5, 5.41) is 19.4. The highest BCUT2D eigenvalue weighted by Gasteiger charge is 2.06. The van der Waals surface area contributed by atoms with E-state index in [0.717, 1.165) is 0 Å². The quantitative estimate of drug-likeness (QED) is 0.632. The Bertz CT molecular complexity index is 538. The maximum absolute atomic E-state index is 9.71. The van der Waals surface area contributed by atoms with E-state index in [-0.39, 0.29) is 11.5 Å². The van der Waals surface area contributed by atoms with Crippen LogP contribution in [-0.2, 0) is 0 Å². The molecule has 20 heavy (non-hydrogen) atoms. The van der Waals surface area contributed by atoms with Crippen LogP contribution < -0.4 is 8.85 Å². The molecule has 0 radical (unpaired) electrons. The van der Waals surface area contributed by atoms with Crippen molar-refractivity contribution in [3.05, 3.63) is 61.2 Å². The Hall–Kier alpha value is -2.40. The minimum absolute atomic E-state index is 0.0555. The molecule has 0 aliphatic heterocycles. The van der Waals surface area contributed by atoms with E-state index in [2.05, 4.69) is 6.58 Å². The van der Waals surface area contributed by atoms with Crippen LogP contribution in [0.25, 0.3) is 0 Å². The minimum Gasteiger partial charge on any atom is -0.675 e. The molecule has 0 heterocycles. The van der Waals surface area contributed by atoms with Crippen molar-refractivity contribution in [2.75, 3.05) is 0 Å². The summed E-state index contributed by atoms with van der Waals surface area (Å²) >= 11 is 0. The van der Waals surface area contributed by atoms with Gasteiger partial charge in [-0.1, -0.05) is 30.3 Å². The van der Waals surface area contributed by atoms with Crippen molar-refractivity contribution in [3.63, 3.8) is 0 Å². The van der Waals surface area contributed by atoms with Crippen molar-refractivity contribution < 1.29 is 19.1 Å². The van der Waals surface area contributed by atoms with Gasteiger partial charge in [-0.3, -0.25) is 0 Å². The number of hydrogen-bond acceptors (Lipinski definition) is 4. The molecule has 0 unspecified atom stereocenters. The van der Waals surface area contributed by atoms with Crippen LogP contribution in [0.3, 0.4) is 0 Å². The second-order valence-electron chi connectivity index (χ2n) is 4.00. The van der Waals surface area contributed by atoms with Gasteiger partial charge in [0.2, 0.25) is 0 Å². The van der Waals surface area contributed by atoms with E-state index < -0.39 is 9.28 Å². The lowest BCUT2D eigenvalue weighted by molar-refractivity contribution is 0.379. The molecular weight excluding hydrogens is 272 g/mol. The van der Waals surface area contributed by atoms with Crippen LogP contribution in [0.15, 0.2) is 61.2 Å². The Morgan fingerprint density at radius 1 is 0.900 bits per heavy atom. The highest BCUT2D eigenvalue weighted by atomic mass is 28.3. The largest absolute Gasteiger partial charge is 0.675 e. The van der Waals surface area contributed by atoms with Gasteiger partial charge in [-0.2, -0.15) is 0 Å². The molecule has 2 aromatic rings. The Morgan fingerprint density at radius 2 is 1.35 bits per heavy atom. The molecule has 0 saturated carbocycles. The molecule has 104 valence electrons. The third kappa shape index (κ3) is 3.55. The zero-order chi connectivity index (χ0) is 14.4. The zero-order valence-electron chi connectivity index (χ0n) is 10.8. The van der Waals surface area contributed by atoms with Crippen LogP contribution >= 0.6 is 0 Å². The molecule has 4 nitrogen and oxygen atoms in total. The van der Waals surface area contributed by atoms with E-state index in [9.17, 15) is 10.2 Å². The second-order valence-corrected chi connectivity index (χ2v) is 5.56. The minimum atomic E-state index is -1.78. The molecular formula is C15H15O4Si-. The van der Waals surface area contributed by atoms with E-state index in [0.29, 0.717) is 17.5 Å². The smallest absolute Gasteiger partial charge is 0.184 e. The van der Waals surface area contributed by atoms with Gasteiger partial charge in [-0.15, -0.1) is 12.7 Å². The van der Waals surface area contributed by atoms with Gasteiger partial charge in [0.15, 0.2) is 20.8 Å². The molecule has 0 amide bonds. The standard InChI is InChI=1S/C15H15O4Si/c1-2-11-20(18-14-9-5-3-7-12(14)16)19-15-10-6-4-8-13(15)17/h2-10,16-17H,1,11H2/q-1. The van der Waals surface area contributed by atoms with Crippen LogP contribution in [0.2, 0.25) is 6.04 Å². The molecule has 5 heteroatoms. The normalized spacial score (nSPS) is 10.2. The van der Waals surface area contributed by atoms with Crippen molar-refractivity contribution in [2.45, 2.75) is 6.04 Å². The summed E-state index contributed by atoms with van der Waals surface area (Å²) in [6, 6.07) is 13.9. The number of rotatable bonds is 6. The van der Waals surface area contributed by atoms with Gasteiger partial charge < -0.3 is 19.1 Å². The molecule has 0 bridgehead atoms. The van der Waals surface area contributed by atoms with Gasteiger partial charge in [0.05, 0.1) is 0 Å². The Kier molecular flexibility index (Phi) is 4.68. The summed E-state index contributed by atoms with van der Waals surface area (Å²) in [5.41, 5.74) is 0. The fourth-order valence-corrected chi connectivity index (χ4v) is 2.83. The van der Waals surface area contributed by atoms with Gasteiger partial charge >= 0.3 is 0 Å². The predicted molar refractivity (Wildman–Crippen MR) is 78.2 cm³/mol. The first-order chi connectivity index (χ1) is 9.70. The SMILES string of the molecule is C=CC[Si-](Oc1ccccc1O)Oc1ccccc1O. The predicted octanol–water partition coefficient (Wildman–Crippen LogP) is 3.23. The van der Waals surface area contributed by atoms with Crippen LogP contribution in [-0.4, -0.2) is 19.5 Å². The van der Waals surface area contributed by atoms with Gasteiger partial charge in [0, 0.05) is 0 Å². The number of allylic oxidation sites excluding steroid dienone is 1. The zero-order valence-corrected chi connectivity index (χ0v) is 11.8. The van der Waals surface area contributed by atoms with E-state index >= 15 is 0 Å². The van der Waals surface area contributed by atoms with Gasteiger partial charge in [-0.25, -0.2) is 0 Å². The Balaban J connectivity index is 2.14. The number of aromatic hydroxyl groups is 2. The summed E-state index contributed by atoms with van der Waals surface area (Å²) in [6.45, 7) is 3.67. The number of hydrogen-bond donors (Lipinski definition) is 2. The van der Waals surface area contributed by atoms with Crippen molar-refractivity contribution >= 4 is 9.28 Å². The lowest BCUT2D eigenvalue weighted by Gasteiger charge is -2.32. The van der Waals surface area contributed by atoms with E-state index in [1.54, 1.807) is 54.6 Å². The highest BCUT2D eigenvalue weighted by molar-refractivity contribution is 6.47. The summed E-state index contributed by atoms with van der Waals surface area (Å²) in [5.74, 6) is 0.831. The maximum atomic E-state index is 9.71. The Labute approximate surface area is 119 Å². The third-order valence-corrected chi connectivity index (χ3v) is 4.01. The van der Waals surface area contributed by atoms with Crippen LogP contribution in [0.1, 0.15) is 0 Å². The molecule has 0 atom stereocenters. The lowest BCUT2D eigenvalue weighted by Crippen LogP contribution is -2.29. The third-order valence-electron chi connectivity index (χ3n) is 2.49. The molecule has 2 N–H and O–H groups in total. The molecule has 0 saturated heterocycles. The van der Waals surface area contributed by atoms with E-state index in [1.807, 2.05) is 0 Å². The fourth-order valence-electron chi connectivity index (χ4n) is 1.55. The van der Waals surface area contributed by atoms with Crippen molar-refractivity contribution in [1.29, 1.82) is 0 Å². The van der Waals surface area contributed by atoms with Gasteiger partial charge in [-0.05, 0) is 24.3 Å². The van der Waals surface area contributed by atoms with Crippen molar-refractivity contribution in [3.8, 4) is 23.0 Å². The van der Waals surface area contributed by atoms with E-state index in [1.165, 1.54) is 0 Å². The highest BCUT2D eigenvalue weighted by Crippen LogP contribution is 2.29. The summed E-state index contributed by atoms with van der Waals surface area (Å²) < 4.78 is 11.4. The molecule has 0 aromatic heterocycles. The fraction of sp³-hybridized carbons (Fsp3) is 0.0667. The van der Waals surface area contributed by atoms with Gasteiger partial charge in [0.1, 0.15) is 11.5 Å². The molecule has 2 aromatic carbocycles. The lowest BCUT2D eigenvalue weighted by atomic mass is 10.3. The Morgan fingerprint density at radius 3 is 1.75 bits per heavy atom. The van der Waals surface area contributed by atoms with Crippen LogP contribution in [0.5, 0.6) is 23.0 Å². The monoisotopic (exact) mass is 287 g/mol. The number of phenolic OH excluding ortho intramolecular Hbond substituents is 2. The molecule has 0 fully saturated rings. The summed E-state index contributed by atoms with van der Waals surface area (Å²) in [4.78, 5) is 0. The summed E-state index contributed by atoms with van der Waals surface area (Å²) in [7, 11) is -1.78. The van der Waals surface area contributed by atoms with Crippen molar-refractivity contribution in [2.24, 2.45) is 0 Å². The van der Waals surface area contributed by atoms with Crippen LogP contribution in [0, 0.1) is 0 Å². The number of benzene rings is 2. The molecule has 0 spiro atoms. The average Bonchev–Trinajstić information content (AvgIpc) is 2.44.